The molecule has 0 atom stereocenters. The Morgan fingerprint density at radius 2 is 0.697 bits per heavy atom. The van der Waals surface area contributed by atoms with Crippen molar-refractivity contribution in [2.45, 2.75) is 20.8 Å². The minimum Gasteiger partial charge on any atom is -0.355 e. The van der Waals surface area contributed by atoms with Crippen molar-refractivity contribution >= 4 is 46.4 Å². The lowest BCUT2D eigenvalue weighted by Crippen LogP contribution is -1.78. The van der Waals surface area contributed by atoms with Crippen LogP contribution in [-0.2, 0) is 0 Å². The van der Waals surface area contributed by atoms with E-state index in [0.717, 1.165) is 44.8 Å². The highest BCUT2D eigenvalue weighted by Crippen LogP contribution is 2.17. The molecule has 0 fully saturated rings. The maximum absolute atomic E-state index is 4.63. The van der Waals surface area contributed by atoms with Crippen molar-refractivity contribution in [1.82, 2.24) is 19.9 Å². The van der Waals surface area contributed by atoms with Crippen molar-refractivity contribution in [3.8, 4) is 0 Å². The molecule has 1 aromatic carbocycles. The van der Waals surface area contributed by atoms with Gasteiger partial charge in [0.2, 0.25) is 0 Å². The van der Waals surface area contributed by atoms with Crippen LogP contribution in [0.25, 0.3) is 46.4 Å². The number of rotatable bonds is 0. The van der Waals surface area contributed by atoms with Gasteiger partial charge in [0.1, 0.15) is 0 Å². The Morgan fingerprint density at radius 1 is 0.424 bits per heavy atom. The van der Waals surface area contributed by atoms with E-state index in [1.54, 1.807) is 0 Å². The molecule has 0 spiro atoms. The molecule has 162 valence electrons. The van der Waals surface area contributed by atoms with Crippen LogP contribution in [0.3, 0.4) is 0 Å². The summed E-state index contributed by atoms with van der Waals surface area (Å²) in [7, 11) is 0. The lowest BCUT2D eigenvalue weighted by atomic mass is 10.1. The van der Waals surface area contributed by atoms with E-state index < -0.39 is 0 Å². The van der Waals surface area contributed by atoms with Crippen LogP contribution in [0.4, 0.5) is 0 Å². The maximum Gasteiger partial charge on any atom is 0.0658 e. The predicted molar refractivity (Wildman–Crippen MR) is 140 cm³/mol. The maximum atomic E-state index is 4.63. The molecule has 4 heteroatoms. The molecule has 0 saturated carbocycles. The first-order valence-corrected chi connectivity index (χ1v) is 11.1. The van der Waals surface area contributed by atoms with Gasteiger partial charge in [-0.05, 0) is 93.6 Å². The molecule has 2 aliphatic heterocycles. The van der Waals surface area contributed by atoms with Crippen LogP contribution in [0.2, 0.25) is 0 Å². The van der Waals surface area contributed by atoms with Gasteiger partial charge in [-0.15, -0.1) is 0 Å². The zero-order valence-electron chi connectivity index (χ0n) is 19.1. The van der Waals surface area contributed by atoms with Gasteiger partial charge in [0, 0.05) is 22.1 Å². The lowest BCUT2D eigenvalue weighted by Gasteiger charge is -1.96. The van der Waals surface area contributed by atoms with E-state index in [1.807, 2.05) is 48.6 Å². The van der Waals surface area contributed by atoms with Crippen molar-refractivity contribution < 1.29 is 0 Å². The third-order valence-corrected chi connectivity index (χ3v) is 5.41. The average Bonchev–Trinajstić information content (AvgIpc) is 3.53. The molecule has 2 aliphatic rings. The number of fused-ring (bicyclic) bond motifs is 8. The van der Waals surface area contributed by atoms with Crippen LogP contribution < -0.4 is 0 Å². The lowest BCUT2D eigenvalue weighted by molar-refractivity contribution is 1.31. The predicted octanol–water partition coefficient (Wildman–Crippen LogP) is 7.27. The summed E-state index contributed by atoms with van der Waals surface area (Å²) < 4.78 is 0. The van der Waals surface area contributed by atoms with Crippen LogP contribution in [0, 0.1) is 20.8 Å². The molecule has 0 unspecified atom stereocenters. The molecule has 4 nitrogen and oxygen atoms in total. The number of H-pyrrole nitrogens is 2. The highest BCUT2D eigenvalue weighted by atomic mass is 14.8. The average molecular weight is 431 g/mol. The Balaban J connectivity index is 0.000000215. The highest BCUT2D eigenvalue weighted by Gasteiger charge is 2.01. The SMILES string of the molecule is C1=Cc2cc3ccc(cc4nc(cc5ccc(cc1n2)[nH]5)C=C4)[nH]3.Cc1cc(C)cc(C)c1. The highest BCUT2D eigenvalue weighted by molar-refractivity contribution is 5.77. The minimum atomic E-state index is 0.939. The molecule has 0 radical (unpaired) electrons. The quantitative estimate of drug-likeness (QED) is 0.266. The third-order valence-electron chi connectivity index (χ3n) is 5.41. The van der Waals surface area contributed by atoms with Crippen LogP contribution in [0.15, 0.2) is 66.7 Å². The summed E-state index contributed by atoms with van der Waals surface area (Å²) in [6.07, 6.45) is 8.09. The summed E-state index contributed by atoms with van der Waals surface area (Å²) in [4.78, 5) is 16.0. The van der Waals surface area contributed by atoms with E-state index in [2.05, 4.69) is 83.2 Å². The summed E-state index contributed by atoms with van der Waals surface area (Å²) in [5.41, 5.74) is 11.9. The molecule has 3 aromatic heterocycles. The number of aromatic nitrogens is 4. The Hall–Kier alpha value is -4.18. The fourth-order valence-electron chi connectivity index (χ4n) is 4.15. The molecule has 8 bridgehead atoms. The van der Waals surface area contributed by atoms with Crippen LogP contribution in [0.1, 0.15) is 39.5 Å². The first-order chi connectivity index (χ1) is 16.0. The molecule has 0 aliphatic carbocycles. The first kappa shape index (κ1) is 20.7. The molecular weight excluding hydrogens is 404 g/mol. The number of nitrogens with one attached hydrogen (secondary N) is 2. The van der Waals surface area contributed by atoms with Crippen LogP contribution in [0.5, 0.6) is 0 Å². The molecule has 5 heterocycles. The van der Waals surface area contributed by atoms with E-state index >= 15 is 0 Å². The first-order valence-electron chi connectivity index (χ1n) is 11.1. The third kappa shape index (κ3) is 5.18. The van der Waals surface area contributed by atoms with Gasteiger partial charge in [-0.2, -0.15) is 0 Å². The van der Waals surface area contributed by atoms with Gasteiger partial charge in [-0.25, -0.2) is 9.97 Å². The fraction of sp³-hybridized carbons (Fsp3) is 0.103. The minimum absolute atomic E-state index is 0.939. The second-order valence-corrected chi connectivity index (χ2v) is 8.57. The number of aromatic amines is 2. The van der Waals surface area contributed by atoms with E-state index in [9.17, 15) is 0 Å². The number of benzene rings is 1. The molecule has 6 rings (SSSR count). The van der Waals surface area contributed by atoms with Crippen molar-refractivity contribution in [2.75, 3.05) is 0 Å². The topological polar surface area (TPSA) is 57.4 Å². The van der Waals surface area contributed by atoms with Gasteiger partial charge in [-0.1, -0.05) is 34.9 Å². The van der Waals surface area contributed by atoms with Gasteiger partial charge >= 0.3 is 0 Å². The summed E-state index contributed by atoms with van der Waals surface area (Å²) in [6, 6.07) is 22.9. The zero-order chi connectivity index (χ0) is 22.8. The zero-order valence-corrected chi connectivity index (χ0v) is 19.1. The largest absolute Gasteiger partial charge is 0.355 e. The number of aryl methyl sites for hydroxylation is 3. The second kappa shape index (κ2) is 8.75. The van der Waals surface area contributed by atoms with Crippen molar-refractivity contribution in [1.29, 1.82) is 0 Å². The molecule has 2 N–H and O–H groups in total. The van der Waals surface area contributed by atoms with E-state index in [0.29, 0.717) is 0 Å². The molecule has 4 aromatic rings. The standard InChI is InChI=1S/C20H14N4.C9H12/c1-2-14-10-16-5-6-18(23-16)12-20-8-7-19(24-20)11-17-4-3-15(22-17)9-13(1)21-14;1-7-4-8(2)6-9(3)5-7/h1-12,21,24H;4-6H,1-3H3. The van der Waals surface area contributed by atoms with Crippen molar-refractivity contribution in [2.24, 2.45) is 0 Å². The van der Waals surface area contributed by atoms with E-state index in [1.165, 1.54) is 16.7 Å². The normalized spacial score (nSPS) is 11.8. The Bertz CT molecular complexity index is 1320. The molecule has 33 heavy (non-hydrogen) atoms. The fourth-order valence-corrected chi connectivity index (χ4v) is 4.15. The number of hydrogen-bond acceptors (Lipinski definition) is 2. The Labute approximate surface area is 193 Å². The van der Waals surface area contributed by atoms with Crippen LogP contribution >= 0.6 is 0 Å². The summed E-state index contributed by atoms with van der Waals surface area (Å²) in [5.74, 6) is 0. The van der Waals surface area contributed by atoms with Crippen molar-refractivity contribution in [3.05, 3.63) is 106 Å². The van der Waals surface area contributed by atoms with E-state index in [-0.39, 0.29) is 0 Å². The smallest absolute Gasteiger partial charge is 0.0658 e. The van der Waals surface area contributed by atoms with Gasteiger partial charge < -0.3 is 9.97 Å². The van der Waals surface area contributed by atoms with Gasteiger partial charge in [-0.3, -0.25) is 0 Å². The number of hydrogen-bond donors (Lipinski definition) is 2. The van der Waals surface area contributed by atoms with Gasteiger partial charge in [0.15, 0.2) is 0 Å². The summed E-state index contributed by atoms with van der Waals surface area (Å²) in [5, 5.41) is 0. The van der Waals surface area contributed by atoms with Gasteiger partial charge in [0.05, 0.1) is 22.8 Å². The molecular formula is C29H26N4. The Kier molecular flexibility index (Phi) is 5.49. The van der Waals surface area contributed by atoms with Crippen molar-refractivity contribution in [3.63, 3.8) is 0 Å². The molecule has 0 amide bonds. The second-order valence-electron chi connectivity index (χ2n) is 8.57. The summed E-state index contributed by atoms with van der Waals surface area (Å²) in [6.45, 7) is 6.38. The summed E-state index contributed by atoms with van der Waals surface area (Å²) >= 11 is 0. The van der Waals surface area contributed by atoms with Gasteiger partial charge in [0.25, 0.3) is 0 Å². The van der Waals surface area contributed by atoms with Crippen LogP contribution in [-0.4, -0.2) is 19.9 Å². The Morgan fingerprint density at radius 3 is 0.970 bits per heavy atom. The monoisotopic (exact) mass is 430 g/mol. The molecule has 0 saturated heterocycles. The number of nitrogens with zero attached hydrogens (tertiary/aromatic N) is 2. The van der Waals surface area contributed by atoms with E-state index in [4.69, 9.17) is 0 Å².